The second-order valence-electron chi connectivity index (χ2n) is 5.30. The molecular weight excluding hydrogens is 224 g/mol. The molecule has 1 aliphatic heterocycles. The van der Waals surface area contributed by atoms with E-state index < -0.39 is 0 Å². The number of likely N-dealkylation sites (tertiary alicyclic amines) is 1. The maximum atomic E-state index is 8.97. The Labute approximate surface area is 110 Å². The van der Waals surface area contributed by atoms with E-state index in [9.17, 15) is 0 Å². The molecule has 2 rings (SSSR count). The highest BCUT2D eigenvalue weighted by molar-refractivity contribution is 5.14. The molecule has 3 N–H and O–H groups in total. The van der Waals surface area contributed by atoms with Gasteiger partial charge in [0, 0.05) is 25.7 Å². The molecule has 1 aromatic rings. The molecule has 0 saturated carbocycles. The van der Waals surface area contributed by atoms with Crippen molar-refractivity contribution in [2.45, 2.75) is 31.8 Å². The van der Waals surface area contributed by atoms with E-state index in [-0.39, 0.29) is 12.6 Å². The summed E-state index contributed by atoms with van der Waals surface area (Å²) in [6, 6.07) is 10.7. The van der Waals surface area contributed by atoms with Gasteiger partial charge in [-0.05, 0) is 37.3 Å². The van der Waals surface area contributed by atoms with Gasteiger partial charge < -0.3 is 10.8 Å². The van der Waals surface area contributed by atoms with E-state index >= 15 is 0 Å². The molecule has 1 heterocycles. The van der Waals surface area contributed by atoms with Crippen molar-refractivity contribution in [3.63, 3.8) is 0 Å². The molecule has 1 fully saturated rings. The number of rotatable bonds is 5. The average molecular weight is 248 g/mol. The van der Waals surface area contributed by atoms with Crippen molar-refractivity contribution in [1.82, 2.24) is 4.90 Å². The molecule has 3 heteroatoms. The van der Waals surface area contributed by atoms with Gasteiger partial charge in [-0.25, -0.2) is 0 Å². The van der Waals surface area contributed by atoms with Crippen LogP contribution in [0.2, 0.25) is 0 Å². The third-order valence-corrected chi connectivity index (χ3v) is 3.86. The van der Waals surface area contributed by atoms with Crippen LogP contribution in [0.4, 0.5) is 0 Å². The summed E-state index contributed by atoms with van der Waals surface area (Å²) in [4.78, 5) is 2.49. The maximum absolute atomic E-state index is 8.97. The van der Waals surface area contributed by atoms with E-state index in [0.717, 1.165) is 26.1 Å². The van der Waals surface area contributed by atoms with Crippen molar-refractivity contribution in [3.05, 3.63) is 35.9 Å². The van der Waals surface area contributed by atoms with Gasteiger partial charge in [0.05, 0.1) is 0 Å². The third-order valence-electron chi connectivity index (χ3n) is 3.86. The van der Waals surface area contributed by atoms with Crippen LogP contribution in [0.25, 0.3) is 0 Å². The van der Waals surface area contributed by atoms with Crippen LogP contribution < -0.4 is 5.73 Å². The SMILES string of the molecule is NC(CCO)C1CCCN(Cc2ccccc2)C1. The number of nitrogens with zero attached hydrogens (tertiary/aromatic N) is 1. The minimum absolute atomic E-state index is 0.147. The second-order valence-corrected chi connectivity index (χ2v) is 5.30. The molecular formula is C15H24N2O. The Morgan fingerprint density at radius 3 is 2.83 bits per heavy atom. The van der Waals surface area contributed by atoms with Crippen LogP contribution in [-0.4, -0.2) is 35.7 Å². The highest BCUT2D eigenvalue weighted by atomic mass is 16.3. The van der Waals surface area contributed by atoms with Crippen LogP contribution >= 0.6 is 0 Å². The second kappa shape index (κ2) is 6.88. The number of nitrogens with two attached hydrogens (primary N) is 1. The Kier molecular flexibility index (Phi) is 5.17. The van der Waals surface area contributed by atoms with Crippen LogP contribution in [0.5, 0.6) is 0 Å². The minimum Gasteiger partial charge on any atom is -0.396 e. The Morgan fingerprint density at radius 1 is 1.33 bits per heavy atom. The van der Waals surface area contributed by atoms with Gasteiger partial charge in [0.2, 0.25) is 0 Å². The smallest absolute Gasteiger partial charge is 0.0445 e. The predicted octanol–water partition coefficient (Wildman–Crippen LogP) is 1.61. The summed E-state index contributed by atoms with van der Waals surface area (Å²) in [7, 11) is 0. The van der Waals surface area contributed by atoms with Gasteiger partial charge in [0.15, 0.2) is 0 Å². The molecule has 1 aromatic carbocycles. The summed E-state index contributed by atoms with van der Waals surface area (Å²) >= 11 is 0. The van der Waals surface area contributed by atoms with Crippen LogP contribution in [0, 0.1) is 5.92 Å². The molecule has 1 aliphatic rings. The summed E-state index contributed by atoms with van der Waals surface area (Å²) in [5, 5.41) is 8.97. The van der Waals surface area contributed by atoms with E-state index in [0.29, 0.717) is 5.92 Å². The molecule has 0 aromatic heterocycles. The van der Waals surface area contributed by atoms with Crippen molar-refractivity contribution < 1.29 is 5.11 Å². The molecule has 0 amide bonds. The standard InChI is InChI=1S/C15H24N2O/c16-15(8-10-18)14-7-4-9-17(12-14)11-13-5-2-1-3-6-13/h1-3,5-6,14-15,18H,4,7-12,16H2. The van der Waals surface area contributed by atoms with Crippen LogP contribution in [0.15, 0.2) is 30.3 Å². The molecule has 18 heavy (non-hydrogen) atoms. The largest absolute Gasteiger partial charge is 0.396 e. The fraction of sp³-hybridized carbons (Fsp3) is 0.600. The van der Waals surface area contributed by atoms with Gasteiger partial charge in [0.25, 0.3) is 0 Å². The lowest BCUT2D eigenvalue weighted by atomic mass is 9.89. The van der Waals surface area contributed by atoms with Crippen LogP contribution in [0.1, 0.15) is 24.8 Å². The lowest BCUT2D eigenvalue weighted by Crippen LogP contribution is -2.43. The van der Waals surface area contributed by atoms with Crippen molar-refractivity contribution >= 4 is 0 Å². The topological polar surface area (TPSA) is 49.5 Å². The van der Waals surface area contributed by atoms with Crippen LogP contribution in [-0.2, 0) is 6.54 Å². The average Bonchev–Trinajstić information content (AvgIpc) is 2.40. The zero-order valence-electron chi connectivity index (χ0n) is 11.0. The molecule has 2 atom stereocenters. The minimum atomic E-state index is 0.147. The lowest BCUT2D eigenvalue weighted by molar-refractivity contribution is 0.139. The normalized spacial score (nSPS) is 22.9. The van der Waals surface area contributed by atoms with E-state index in [1.807, 2.05) is 0 Å². The number of hydrogen-bond donors (Lipinski definition) is 2. The van der Waals surface area contributed by atoms with Gasteiger partial charge in [-0.15, -0.1) is 0 Å². The lowest BCUT2D eigenvalue weighted by Gasteiger charge is -2.35. The number of hydrogen-bond acceptors (Lipinski definition) is 3. The highest BCUT2D eigenvalue weighted by Crippen LogP contribution is 2.21. The number of aliphatic hydroxyl groups is 1. The van der Waals surface area contributed by atoms with Gasteiger partial charge >= 0.3 is 0 Å². The number of piperidine rings is 1. The van der Waals surface area contributed by atoms with Gasteiger partial charge in [0.1, 0.15) is 0 Å². The molecule has 2 unspecified atom stereocenters. The quantitative estimate of drug-likeness (QED) is 0.832. The Hall–Kier alpha value is -0.900. The van der Waals surface area contributed by atoms with Crippen molar-refractivity contribution in [2.24, 2.45) is 11.7 Å². The highest BCUT2D eigenvalue weighted by Gasteiger charge is 2.24. The zero-order chi connectivity index (χ0) is 12.8. The molecule has 0 spiro atoms. The molecule has 1 saturated heterocycles. The van der Waals surface area contributed by atoms with Gasteiger partial charge in [-0.3, -0.25) is 4.90 Å². The fourth-order valence-corrected chi connectivity index (χ4v) is 2.81. The first-order chi connectivity index (χ1) is 8.79. The van der Waals surface area contributed by atoms with Crippen molar-refractivity contribution in [1.29, 1.82) is 0 Å². The van der Waals surface area contributed by atoms with Crippen LogP contribution in [0.3, 0.4) is 0 Å². The maximum Gasteiger partial charge on any atom is 0.0445 e. The first-order valence-corrected chi connectivity index (χ1v) is 6.92. The van der Waals surface area contributed by atoms with E-state index in [1.54, 1.807) is 0 Å². The summed E-state index contributed by atoms with van der Waals surface area (Å²) in [5.74, 6) is 0.537. The van der Waals surface area contributed by atoms with E-state index in [1.165, 1.54) is 18.4 Å². The summed E-state index contributed by atoms with van der Waals surface area (Å²) in [6.07, 6.45) is 3.15. The molecule has 0 radical (unpaired) electrons. The number of aliphatic hydroxyl groups excluding tert-OH is 1. The Balaban J connectivity index is 1.87. The van der Waals surface area contributed by atoms with Gasteiger partial charge in [-0.1, -0.05) is 30.3 Å². The molecule has 0 aliphatic carbocycles. The molecule has 3 nitrogen and oxygen atoms in total. The monoisotopic (exact) mass is 248 g/mol. The van der Waals surface area contributed by atoms with Crippen molar-refractivity contribution in [3.8, 4) is 0 Å². The summed E-state index contributed by atoms with van der Waals surface area (Å²) < 4.78 is 0. The Morgan fingerprint density at radius 2 is 2.11 bits per heavy atom. The zero-order valence-corrected chi connectivity index (χ0v) is 11.0. The van der Waals surface area contributed by atoms with E-state index in [4.69, 9.17) is 10.8 Å². The fourth-order valence-electron chi connectivity index (χ4n) is 2.81. The van der Waals surface area contributed by atoms with E-state index in [2.05, 4.69) is 35.2 Å². The summed E-state index contributed by atoms with van der Waals surface area (Å²) in [5.41, 5.74) is 7.50. The predicted molar refractivity (Wildman–Crippen MR) is 74.1 cm³/mol. The molecule has 0 bridgehead atoms. The molecule has 100 valence electrons. The Bertz CT molecular complexity index is 342. The van der Waals surface area contributed by atoms with Gasteiger partial charge in [-0.2, -0.15) is 0 Å². The first kappa shape index (κ1) is 13.5. The number of benzene rings is 1. The first-order valence-electron chi connectivity index (χ1n) is 6.92. The third kappa shape index (κ3) is 3.80. The van der Waals surface area contributed by atoms with Crippen molar-refractivity contribution in [2.75, 3.05) is 19.7 Å². The summed E-state index contributed by atoms with van der Waals surface area (Å²) in [6.45, 7) is 3.45.